The molecule has 0 aromatic carbocycles. The maximum Gasteiger partial charge on any atom is 0.293 e. The van der Waals surface area contributed by atoms with Gasteiger partial charge in [0.2, 0.25) is 5.82 Å². The van der Waals surface area contributed by atoms with Crippen molar-refractivity contribution >= 4 is 11.7 Å². The molecule has 9 heteroatoms. The van der Waals surface area contributed by atoms with E-state index in [9.17, 15) is 9.90 Å². The maximum absolute atomic E-state index is 12.8. The molecule has 1 atom stereocenters. The number of hydrogen-bond donors (Lipinski definition) is 1. The van der Waals surface area contributed by atoms with Crippen molar-refractivity contribution in [2.75, 3.05) is 39.4 Å². The van der Waals surface area contributed by atoms with E-state index in [1.807, 2.05) is 0 Å². The van der Waals surface area contributed by atoms with Gasteiger partial charge in [0.15, 0.2) is 0 Å². The summed E-state index contributed by atoms with van der Waals surface area (Å²) in [4.78, 5) is 25.0. The monoisotopic (exact) mass is 346 g/mol. The van der Waals surface area contributed by atoms with Crippen LogP contribution in [0.2, 0.25) is 0 Å². The molecule has 0 saturated carbocycles. The number of hydrogen-bond acceptors (Lipinski definition) is 7. The Balaban J connectivity index is 1.47. The third-order valence-electron chi connectivity index (χ3n) is 4.84. The molecule has 25 heavy (non-hydrogen) atoms. The number of aliphatic hydroxyl groups excluding tert-OH is 1. The lowest BCUT2D eigenvalue weighted by Crippen LogP contribution is -2.43. The van der Waals surface area contributed by atoms with Gasteiger partial charge < -0.3 is 14.7 Å². The van der Waals surface area contributed by atoms with Gasteiger partial charge in [-0.3, -0.25) is 9.69 Å². The van der Waals surface area contributed by atoms with Crippen molar-refractivity contribution in [2.45, 2.75) is 25.0 Å². The smallest absolute Gasteiger partial charge is 0.293 e. The summed E-state index contributed by atoms with van der Waals surface area (Å²) in [6, 6.07) is 2.15. The first-order chi connectivity index (χ1) is 12.2. The number of nitrogens with zero attached hydrogens (tertiary/aromatic N) is 6. The Morgan fingerprint density at radius 3 is 2.88 bits per heavy atom. The highest BCUT2D eigenvalue weighted by molar-refractivity contribution is 5.90. The first-order valence-electron chi connectivity index (χ1n) is 8.67. The Hall–Kier alpha value is -2.10. The highest BCUT2D eigenvalue weighted by Crippen LogP contribution is 2.17. The summed E-state index contributed by atoms with van der Waals surface area (Å²) in [7, 11) is 0. The Morgan fingerprint density at radius 2 is 2.08 bits per heavy atom. The van der Waals surface area contributed by atoms with E-state index in [1.54, 1.807) is 23.4 Å². The Labute approximate surface area is 145 Å². The lowest BCUT2D eigenvalue weighted by molar-refractivity contribution is 0.0217. The SMILES string of the molecule is O=C(c1nc2ncccn2n1)N1CCN(C2CCOCC2)C[C@H](O)C1. The van der Waals surface area contributed by atoms with Crippen LogP contribution in [0.4, 0.5) is 0 Å². The molecule has 2 aromatic heterocycles. The van der Waals surface area contributed by atoms with Crippen molar-refractivity contribution in [1.82, 2.24) is 29.4 Å². The highest BCUT2D eigenvalue weighted by atomic mass is 16.5. The minimum absolute atomic E-state index is 0.116. The van der Waals surface area contributed by atoms with Crippen LogP contribution in [0.1, 0.15) is 23.5 Å². The molecular weight excluding hydrogens is 324 g/mol. The fourth-order valence-corrected chi connectivity index (χ4v) is 3.55. The van der Waals surface area contributed by atoms with E-state index in [1.165, 1.54) is 4.52 Å². The number of aromatic nitrogens is 4. The van der Waals surface area contributed by atoms with Crippen LogP contribution in [0, 0.1) is 0 Å². The average molecular weight is 346 g/mol. The van der Waals surface area contributed by atoms with E-state index < -0.39 is 6.10 Å². The number of aliphatic hydroxyl groups is 1. The number of β-amino-alcohol motifs (C(OH)–C–C–N with tert-alkyl or cyclic N) is 1. The zero-order valence-electron chi connectivity index (χ0n) is 14.0. The molecule has 0 spiro atoms. The van der Waals surface area contributed by atoms with E-state index in [2.05, 4.69) is 20.0 Å². The topological polar surface area (TPSA) is 96.1 Å². The number of carbonyl (C=O) groups is 1. The molecule has 0 radical (unpaired) electrons. The third kappa shape index (κ3) is 3.48. The van der Waals surface area contributed by atoms with Crippen LogP contribution >= 0.6 is 0 Å². The normalized spacial score (nSPS) is 23.7. The van der Waals surface area contributed by atoms with Gasteiger partial charge in [0, 0.05) is 57.8 Å². The van der Waals surface area contributed by atoms with Crippen molar-refractivity contribution in [3.05, 3.63) is 24.3 Å². The summed E-state index contributed by atoms with van der Waals surface area (Å²) in [6.45, 7) is 3.68. The third-order valence-corrected chi connectivity index (χ3v) is 4.84. The van der Waals surface area contributed by atoms with E-state index >= 15 is 0 Å². The number of rotatable bonds is 2. The molecule has 0 aliphatic carbocycles. The van der Waals surface area contributed by atoms with Gasteiger partial charge in [-0.05, 0) is 18.9 Å². The van der Waals surface area contributed by atoms with Gasteiger partial charge in [-0.15, -0.1) is 5.10 Å². The molecule has 0 bridgehead atoms. The standard InChI is InChI=1S/C16H22N6O3/c23-13-10-20(12-2-8-25-9-3-12)6-7-21(11-13)15(24)14-18-16-17-4-1-5-22(16)19-14/h1,4-5,12-13,23H,2-3,6-11H2/t13-/m0/s1. The molecule has 2 saturated heterocycles. The van der Waals surface area contributed by atoms with Gasteiger partial charge in [-0.25, -0.2) is 9.50 Å². The van der Waals surface area contributed by atoms with Crippen molar-refractivity contribution in [2.24, 2.45) is 0 Å². The summed E-state index contributed by atoms with van der Waals surface area (Å²) in [5, 5.41) is 14.6. The number of ether oxygens (including phenoxy) is 1. The second-order valence-corrected chi connectivity index (χ2v) is 6.54. The van der Waals surface area contributed by atoms with Crippen LogP contribution in [0.3, 0.4) is 0 Å². The van der Waals surface area contributed by atoms with Gasteiger partial charge in [-0.1, -0.05) is 0 Å². The fraction of sp³-hybridized carbons (Fsp3) is 0.625. The van der Waals surface area contributed by atoms with E-state index in [4.69, 9.17) is 4.74 Å². The van der Waals surface area contributed by atoms with Crippen molar-refractivity contribution in [1.29, 1.82) is 0 Å². The fourth-order valence-electron chi connectivity index (χ4n) is 3.55. The molecule has 0 unspecified atom stereocenters. The lowest BCUT2D eigenvalue weighted by Gasteiger charge is -2.33. The Kier molecular flexibility index (Phi) is 4.60. The van der Waals surface area contributed by atoms with Gasteiger partial charge in [0.1, 0.15) is 0 Å². The maximum atomic E-state index is 12.8. The molecule has 2 aliphatic heterocycles. The van der Waals surface area contributed by atoms with Crippen molar-refractivity contribution in [3.63, 3.8) is 0 Å². The van der Waals surface area contributed by atoms with E-state index in [0.717, 1.165) is 32.6 Å². The number of carbonyl (C=O) groups excluding carboxylic acids is 1. The lowest BCUT2D eigenvalue weighted by atomic mass is 10.1. The minimum Gasteiger partial charge on any atom is -0.390 e. The Morgan fingerprint density at radius 1 is 1.24 bits per heavy atom. The molecule has 9 nitrogen and oxygen atoms in total. The molecule has 1 N–H and O–H groups in total. The van der Waals surface area contributed by atoms with Crippen molar-refractivity contribution < 1.29 is 14.6 Å². The summed E-state index contributed by atoms with van der Waals surface area (Å²) in [5.74, 6) is 0.244. The van der Waals surface area contributed by atoms with Crippen LogP contribution in [0.25, 0.3) is 5.78 Å². The van der Waals surface area contributed by atoms with Crippen LogP contribution < -0.4 is 0 Å². The van der Waals surface area contributed by atoms with Crippen molar-refractivity contribution in [3.8, 4) is 0 Å². The minimum atomic E-state index is -0.579. The van der Waals surface area contributed by atoms with Crippen LogP contribution in [-0.2, 0) is 4.74 Å². The zero-order chi connectivity index (χ0) is 17.2. The number of amides is 1. The van der Waals surface area contributed by atoms with Crippen LogP contribution in [-0.4, -0.2) is 91.9 Å². The second kappa shape index (κ2) is 7.03. The number of fused-ring (bicyclic) bond motifs is 1. The summed E-state index contributed by atoms with van der Waals surface area (Å²) < 4.78 is 6.90. The molecular formula is C16H22N6O3. The van der Waals surface area contributed by atoms with Gasteiger partial charge in [0.05, 0.1) is 6.10 Å². The van der Waals surface area contributed by atoms with Crippen LogP contribution in [0.5, 0.6) is 0 Å². The quantitative estimate of drug-likeness (QED) is 0.777. The zero-order valence-corrected chi connectivity index (χ0v) is 14.0. The van der Waals surface area contributed by atoms with Gasteiger partial charge in [0.25, 0.3) is 11.7 Å². The highest BCUT2D eigenvalue weighted by Gasteiger charge is 2.31. The molecule has 2 aliphatic rings. The van der Waals surface area contributed by atoms with Crippen LogP contribution in [0.15, 0.2) is 18.5 Å². The first-order valence-corrected chi connectivity index (χ1v) is 8.67. The summed E-state index contributed by atoms with van der Waals surface area (Å²) in [5.41, 5.74) is 0. The largest absolute Gasteiger partial charge is 0.390 e. The Bertz CT molecular complexity index is 711. The molecule has 1 amide bonds. The van der Waals surface area contributed by atoms with Gasteiger partial charge in [-0.2, -0.15) is 4.98 Å². The van der Waals surface area contributed by atoms with E-state index in [-0.39, 0.29) is 11.7 Å². The molecule has 2 aromatic rings. The first kappa shape index (κ1) is 16.4. The summed E-state index contributed by atoms with van der Waals surface area (Å²) in [6.07, 6.45) is 4.68. The molecule has 134 valence electrons. The molecule has 2 fully saturated rings. The van der Waals surface area contributed by atoms with Gasteiger partial charge >= 0.3 is 0 Å². The summed E-state index contributed by atoms with van der Waals surface area (Å²) >= 11 is 0. The van der Waals surface area contributed by atoms with E-state index in [0.29, 0.717) is 31.5 Å². The molecule has 4 heterocycles. The predicted octanol–water partition coefficient (Wildman–Crippen LogP) is -0.578. The second-order valence-electron chi connectivity index (χ2n) is 6.54. The average Bonchev–Trinajstić information content (AvgIpc) is 2.98. The predicted molar refractivity (Wildman–Crippen MR) is 88.1 cm³/mol. The molecule has 4 rings (SSSR count).